The van der Waals surface area contributed by atoms with Gasteiger partial charge in [-0.05, 0) is 48.4 Å². The zero-order valence-electron chi connectivity index (χ0n) is 11.3. The molecule has 0 fully saturated rings. The summed E-state index contributed by atoms with van der Waals surface area (Å²) in [5.41, 5.74) is 15.4. The summed E-state index contributed by atoms with van der Waals surface area (Å²) >= 11 is 5.96. The summed E-state index contributed by atoms with van der Waals surface area (Å²) in [6.45, 7) is 2.80. The van der Waals surface area contributed by atoms with E-state index >= 15 is 0 Å². The van der Waals surface area contributed by atoms with Crippen molar-refractivity contribution in [3.63, 3.8) is 0 Å². The van der Waals surface area contributed by atoms with Crippen LogP contribution in [0.25, 0.3) is 0 Å². The highest BCUT2D eigenvalue weighted by atomic mass is 35.5. The number of benzene rings is 2. The molecule has 0 saturated carbocycles. The number of hydrogen-bond donors (Lipinski definition) is 3. The number of nitrogens with one attached hydrogen (secondary N) is 1. The van der Waals surface area contributed by atoms with Gasteiger partial charge in [-0.1, -0.05) is 23.7 Å². The minimum Gasteiger partial charge on any atom is -0.399 e. The van der Waals surface area contributed by atoms with Gasteiger partial charge in [-0.25, -0.2) is 0 Å². The van der Waals surface area contributed by atoms with Crippen LogP contribution >= 0.6 is 24.0 Å². The SMILES string of the molecule is CC(NCc1cccc(Cl)c1)c1cc(N)ccc1N.Cl. The Labute approximate surface area is 130 Å². The Kier molecular flexibility index (Phi) is 6.14. The first-order chi connectivity index (χ1) is 9.06. The third-order valence-electron chi connectivity index (χ3n) is 3.08. The van der Waals surface area contributed by atoms with Crippen molar-refractivity contribution in [2.75, 3.05) is 11.5 Å². The minimum absolute atomic E-state index is 0. The van der Waals surface area contributed by atoms with Crippen molar-refractivity contribution in [2.24, 2.45) is 0 Å². The smallest absolute Gasteiger partial charge is 0.0409 e. The molecule has 0 aliphatic heterocycles. The molecule has 0 saturated heterocycles. The van der Waals surface area contributed by atoms with E-state index in [4.69, 9.17) is 23.1 Å². The summed E-state index contributed by atoms with van der Waals surface area (Å²) in [4.78, 5) is 0. The zero-order valence-corrected chi connectivity index (χ0v) is 12.8. The van der Waals surface area contributed by atoms with Crippen LogP contribution in [-0.2, 0) is 6.54 Å². The van der Waals surface area contributed by atoms with Crippen LogP contribution in [0.5, 0.6) is 0 Å². The van der Waals surface area contributed by atoms with Gasteiger partial charge in [0.05, 0.1) is 0 Å². The molecule has 0 spiro atoms. The van der Waals surface area contributed by atoms with Crippen molar-refractivity contribution in [2.45, 2.75) is 19.5 Å². The van der Waals surface area contributed by atoms with Gasteiger partial charge in [0, 0.05) is 29.0 Å². The largest absolute Gasteiger partial charge is 0.399 e. The number of nitrogens with two attached hydrogens (primary N) is 2. The monoisotopic (exact) mass is 311 g/mol. The van der Waals surface area contributed by atoms with Gasteiger partial charge < -0.3 is 16.8 Å². The summed E-state index contributed by atoms with van der Waals surface area (Å²) < 4.78 is 0. The van der Waals surface area contributed by atoms with Crippen molar-refractivity contribution < 1.29 is 0 Å². The van der Waals surface area contributed by atoms with Gasteiger partial charge in [-0.3, -0.25) is 0 Å². The van der Waals surface area contributed by atoms with Crippen molar-refractivity contribution in [3.05, 3.63) is 58.6 Å². The lowest BCUT2D eigenvalue weighted by atomic mass is 10.0. The zero-order chi connectivity index (χ0) is 13.8. The summed E-state index contributed by atoms with van der Waals surface area (Å²) in [5.74, 6) is 0. The maximum atomic E-state index is 5.97. The van der Waals surface area contributed by atoms with Gasteiger partial charge in [-0.2, -0.15) is 0 Å². The Morgan fingerprint density at radius 2 is 1.90 bits per heavy atom. The molecule has 1 atom stereocenters. The molecule has 2 rings (SSSR count). The quantitative estimate of drug-likeness (QED) is 0.753. The summed E-state index contributed by atoms with van der Waals surface area (Å²) in [5, 5.41) is 4.16. The molecule has 0 bridgehead atoms. The highest BCUT2D eigenvalue weighted by Gasteiger charge is 2.09. The summed E-state index contributed by atoms with van der Waals surface area (Å²) in [7, 11) is 0. The van der Waals surface area contributed by atoms with Gasteiger partial charge in [0.1, 0.15) is 0 Å². The van der Waals surface area contributed by atoms with Crippen LogP contribution in [0.4, 0.5) is 11.4 Å². The molecular weight excluding hydrogens is 293 g/mol. The summed E-state index contributed by atoms with van der Waals surface area (Å²) in [6.07, 6.45) is 0. The molecule has 108 valence electrons. The third kappa shape index (κ3) is 4.30. The second-order valence-corrected chi connectivity index (χ2v) is 5.06. The van der Waals surface area contributed by atoms with E-state index in [1.54, 1.807) is 0 Å². The molecule has 0 aliphatic carbocycles. The Morgan fingerprint density at radius 3 is 2.60 bits per heavy atom. The Bertz CT molecular complexity index is 573. The van der Waals surface area contributed by atoms with Crippen LogP contribution in [0.1, 0.15) is 24.1 Å². The van der Waals surface area contributed by atoms with Gasteiger partial charge >= 0.3 is 0 Å². The maximum absolute atomic E-state index is 5.97. The molecule has 1 unspecified atom stereocenters. The van der Waals surface area contributed by atoms with Crippen LogP contribution in [-0.4, -0.2) is 0 Å². The number of nitrogen functional groups attached to an aromatic ring is 2. The molecule has 20 heavy (non-hydrogen) atoms. The average Bonchev–Trinajstić information content (AvgIpc) is 2.39. The molecule has 0 amide bonds. The first-order valence-corrected chi connectivity index (χ1v) is 6.57. The molecule has 5 N–H and O–H groups in total. The van der Waals surface area contributed by atoms with Crippen LogP contribution in [0.3, 0.4) is 0 Å². The van der Waals surface area contributed by atoms with E-state index in [0.717, 1.165) is 34.1 Å². The molecule has 5 heteroatoms. The first-order valence-electron chi connectivity index (χ1n) is 6.19. The second kappa shape index (κ2) is 7.39. The van der Waals surface area contributed by atoms with E-state index in [-0.39, 0.29) is 18.4 Å². The highest BCUT2D eigenvalue weighted by molar-refractivity contribution is 6.30. The van der Waals surface area contributed by atoms with E-state index in [2.05, 4.69) is 12.2 Å². The molecule has 0 radical (unpaired) electrons. The number of rotatable bonds is 4. The molecular formula is C15H19Cl2N3. The molecule has 0 aliphatic rings. The Hall–Kier alpha value is -1.42. The van der Waals surface area contributed by atoms with Crippen LogP contribution in [0.15, 0.2) is 42.5 Å². The van der Waals surface area contributed by atoms with Gasteiger partial charge in [0.2, 0.25) is 0 Å². The lowest BCUT2D eigenvalue weighted by Crippen LogP contribution is -2.19. The molecule has 2 aromatic rings. The van der Waals surface area contributed by atoms with Gasteiger partial charge in [0.25, 0.3) is 0 Å². The number of halogens is 2. The molecule has 0 heterocycles. The van der Waals surface area contributed by atoms with Crippen LogP contribution in [0, 0.1) is 0 Å². The van der Waals surface area contributed by atoms with E-state index < -0.39 is 0 Å². The highest BCUT2D eigenvalue weighted by Crippen LogP contribution is 2.23. The lowest BCUT2D eigenvalue weighted by molar-refractivity contribution is 0.576. The topological polar surface area (TPSA) is 64.1 Å². The molecule has 3 nitrogen and oxygen atoms in total. The van der Waals surface area contributed by atoms with Crippen molar-refractivity contribution in [3.8, 4) is 0 Å². The van der Waals surface area contributed by atoms with E-state index in [1.807, 2.05) is 42.5 Å². The molecule has 2 aromatic carbocycles. The van der Waals surface area contributed by atoms with Crippen LogP contribution in [0.2, 0.25) is 5.02 Å². The van der Waals surface area contributed by atoms with Gasteiger partial charge in [-0.15, -0.1) is 12.4 Å². The van der Waals surface area contributed by atoms with Gasteiger partial charge in [0.15, 0.2) is 0 Å². The number of hydrogen-bond acceptors (Lipinski definition) is 3. The molecule has 0 aromatic heterocycles. The Morgan fingerprint density at radius 1 is 1.15 bits per heavy atom. The van der Waals surface area contributed by atoms with Crippen molar-refractivity contribution in [1.29, 1.82) is 0 Å². The van der Waals surface area contributed by atoms with Crippen molar-refractivity contribution >= 4 is 35.4 Å². The average molecular weight is 312 g/mol. The fourth-order valence-corrected chi connectivity index (χ4v) is 2.21. The lowest BCUT2D eigenvalue weighted by Gasteiger charge is -2.17. The maximum Gasteiger partial charge on any atom is 0.0409 e. The standard InChI is InChI=1S/C15H18ClN3.ClH/c1-10(14-8-13(17)5-6-15(14)18)19-9-11-3-2-4-12(16)7-11;/h2-8,10,19H,9,17-18H2,1H3;1H. The first kappa shape index (κ1) is 16.6. The summed E-state index contributed by atoms with van der Waals surface area (Å²) in [6, 6.07) is 13.5. The predicted octanol–water partition coefficient (Wildman–Crippen LogP) is 3.78. The van der Waals surface area contributed by atoms with E-state index in [1.165, 1.54) is 0 Å². The fourth-order valence-electron chi connectivity index (χ4n) is 2.00. The Balaban J connectivity index is 0.00000200. The van der Waals surface area contributed by atoms with Crippen molar-refractivity contribution in [1.82, 2.24) is 5.32 Å². The normalized spacial score (nSPS) is 11.7. The second-order valence-electron chi connectivity index (χ2n) is 4.62. The van der Waals surface area contributed by atoms with E-state index in [0.29, 0.717) is 0 Å². The fraction of sp³-hybridized carbons (Fsp3) is 0.200. The number of anilines is 2. The van der Waals surface area contributed by atoms with Crippen LogP contribution < -0.4 is 16.8 Å². The van der Waals surface area contributed by atoms with E-state index in [9.17, 15) is 0 Å². The third-order valence-corrected chi connectivity index (χ3v) is 3.31. The minimum atomic E-state index is 0. The predicted molar refractivity (Wildman–Crippen MR) is 89.2 cm³/mol.